The molecule has 1 heterocycles. The van der Waals surface area contributed by atoms with Crippen LogP contribution in [0.3, 0.4) is 0 Å². The van der Waals surface area contributed by atoms with Crippen LogP contribution in [-0.2, 0) is 0 Å². The van der Waals surface area contributed by atoms with Gasteiger partial charge >= 0.3 is 0 Å². The van der Waals surface area contributed by atoms with Gasteiger partial charge in [-0.15, -0.1) is 0 Å². The van der Waals surface area contributed by atoms with Crippen molar-refractivity contribution >= 4 is 45.2 Å². The topological polar surface area (TPSA) is 64.1 Å². The predicted octanol–water partition coefficient (Wildman–Crippen LogP) is 3.51. The molecule has 3 rings (SSSR count). The monoisotopic (exact) mass is 407 g/mol. The lowest BCUT2D eigenvalue weighted by Crippen LogP contribution is -2.23. The molecule has 24 heavy (non-hydrogen) atoms. The minimum atomic E-state index is 0.231. The van der Waals surface area contributed by atoms with Crippen LogP contribution >= 0.6 is 28.1 Å². The zero-order chi connectivity index (χ0) is 16.9. The van der Waals surface area contributed by atoms with Crippen LogP contribution in [0, 0.1) is 0 Å². The Kier molecular flexibility index (Phi) is 5.17. The Labute approximate surface area is 152 Å². The zero-order valence-electron chi connectivity index (χ0n) is 12.7. The Hall–Kier alpha value is -2.32. The molecule has 0 spiro atoms. The molecule has 6 nitrogen and oxygen atoms in total. The van der Waals surface area contributed by atoms with Gasteiger partial charge in [0.15, 0.2) is 16.6 Å². The van der Waals surface area contributed by atoms with Gasteiger partial charge in [-0.25, -0.2) is 0 Å². The first-order chi connectivity index (χ1) is 11.7. The Bertz CT molecular complexity index is 798. The van der Waals surface area contributed by atoms with Crippen molar-refractivity contribution in [2.75, 3.05) is 19.2 Å². The molecule has 2 aromatic rings. The van der Waals surface area contributed by atoms with Crippen molar-refractivity contribution in [3.05, 3.63) is 46.4 Å². The van der Waals surface area contributed by atoms with Crippen LogP contribution in [-0.4, -0.2) is 25.2 Å². The Morgan fingerprint density at radius 2 is 2.08 bits per heavy atom. The second kappa shape index (κ2) is 7.50. The summed E-state index contributed by atoms with van der Waals surface area (Å²) < 4.78 is 16.7. The molecular formula is C16H14BrN3O3S. The number of nitrogens with zero attached hydrogens (tertiary/aromatic N) is 1. The molecular weight excluding hydrogens is 394 g/mol. The fraction of sp³-hybridized carbons (Fsp3) is 0.125. The van der Waals surface area contributed by atoms with Crippen molar-refractivity contribution in [1.82, 2.24) is 5.43 Å². The van der Waals surface area contributed by atoms with E-state index in [0.717, 1.165) is 21.5 Å². The number of methoxy groups -OCH3 is 1. The normalized spacial score (nSPS) is 12.2. The van der Waals surface area contributed by atoms with Gasteiger partial charge in [-0.2, -0.15) is 5.10 Å². The van der Waals surface area contributed by atoms with E-state index in [9.17, 15) is 0 Å². The molecule has 8 heteroatoms. The molecule has 2 aromatic carbocycles. The molecule has 124 valence electrons. The Balaban J connectivity index is 1.61. The molecule has 0 saturated heterocycles. The summed E-state index contributed by atoms with van der Waals surface area (Å²) in [5.41, 5.74) is 4.42. The number of anilines is 1. The maximum absolute atomic E-state index is 5.35. The predicted molar refractivity (Wildman–Crippen MR) is 100 cm³/mol. The van der Waals surface area contributed by atoms with E-state index in [0.29, 0.717) is 16.6 Å². The lowest BCUT2D eigenvalue weighted by atomic mass is 10.2. The van der Waals surface area contributed by atoms with Gasteiger partial charge in [0, 0.05) is 21.8 Å². The van der Waals surface area contributed by atoms with Crippen LogP contribution in [0.5, 0.6) is 17.2 Å². The number of hydrogen-bond donors (Lipinski definition) is 2. The third-order valence-corrected chi connectivity index (χ3v) is 4.07. The number of halogens is 1. The van der Waals surface area contributed by atoms with E-state index in [1.165, 1.54) is 0 Å². The number of fused-ring (bicyclic) bond motifs is 1. The third kappa shape index (κ3) is 3.95. The molecule has 0 saturated carbocycles. The minimum Gasteiger partial charge on any atom is -0.497 e. The minimum absolute atomic E-state index is 0.231. The van der Waals surface area contributed by atoms with Crippen molar-refractivity contribution in [3.8, 4) is 17.2 Å². The number of benzene rings is 2. The largest absolute Gasteiger partial charge is 0.497 e. The van der Waals surface area contributed by atoms with Gasteiger partial charge in [0.2, 0.25) is 6.79 Å². The maximum Gasteiger partial charge on any atom is 0.231 e. The first-order valence-corrected chi connectivity index (χ1v) is 8.19. The van der Waals surface area contributed by atoms with Crippen LogP contribution in [0.25, 0.3) is 0 Å². The molecule has 0 radical (unpaired) electrons. The van der Waals surface area contributed by atoms with E-state index < -0.39 is 0 Å². The highest BCUT2D eigenvalue weighted by molar-refractivity contribution is 9.10. The van der Waals surface area contributed by atoms with Gasteiger partial charge in [-0.05, 0) is 52.4 Å². The number of hydrazone groups is 1. The fourth-order valence-corrected chi connectivity index (χ4v) is 2.65. The fourth-order valence-electron chi connectivity index (χ4n) is 2.05. The van der Waals surface area contributed by atoms with E-state index in [-0.39, 0.29) is 6.79 Å². The number of nitrogens with one attached hydrogen (secondary N) is 2. The summed E-state index contributed by atoms with van der Waals surface area (Å²) in [6, 6.07) is 11.1. The summed E-state index contributed by atoms with van der Waals surface area (Å²) in [5.74, 6) is 2.15. The highest BCUT2D eigenvalue weighted by Gasteiger charge is 2.15. The maximum atomic E-state index is 5.35. The van der Waals surface area contributed by atoms with Crippen LogP contribution < -0.4 is 25.0 Å². The van der Waals surface area contributed by atoms with Gasteiger partial charge < -0.3 is 19.5 Å². The SMILES string of the molecule is COc1cccc(NC(=S)N/N=C\c2cc3c(cc2Br)OCO3)c1. The molecule has 0 unspecified atom stereocenters. The molecule has 0 atom stereocenters. The van der Waals surface area contributed by atoms with Crippen molar-refractivity contribution in [2.45, 2.75) is 0 Å². The first-order valence-electron chi connectivity index (χ1n) is 6.99. The van der Waals surface area contributed by atoms with Crippen LogP contribution in [0.2, 0.25) is 0 Å². The number of thiocarbonyl (C=S) groups is 1. The van der Waals surface area contributed by atoms with Gasteiger partial charge in [-0.3, -0.25) is 5.43 Å². The molecule has 0 aliphatic carbocycles. The summed E-state index contributed by atoms with van der Waals surface area (Å²) >= 11 is 8.68. The summed E-state index contributed by atoms with van der Waals surface area (Å²) in [6.45, 7) is 0.231. The van der Waals surface area contributed by atoms with Gasteiger partial charge in [0.05, 0.1) is 13.3 Å². The summed E-state index contributed by atoms with van der Waals surface area (Å²) in [5, 5.41) is 7.53. The second-order valence-corrected chi connectivity index (χ2v) is 6.05. The Morgan fingerprint density at radius 3 is 2.88 bits per heavy atom. The van der Waals surface area contributed by atoms with Crippen LogP contribution in [0.15, 0.2) is 46.0 Å². The molecule has 0 bridgehead atoms. The summed E-state index contributed by atoms with van der Waals surface area (Å²) in [7, 11) is 1.61. The summed E-state index contributed by atoms with van der Waals surface area (Å²) in [4.78, 5) is 0. The second-order valence-electron chi connectivity index (χ2n) is 4.78. The van der Waals surface area contributed by atoms with Crippen LogP contribution in [0.1, 0.15) is 5.56 Å². The average molecular weight is 408 g/mol. The highest BCUT2D eigenvalue weighted by atomic mass is 79.9. The molecule has 1 aliphatic heterocycles. The lowest BCUT2D eigenvalue weighted by Gasteiger charge is -2.08. The van der Waals surface area contributed by atoms with Crippen molar-refractivity contribution in [3.63, 3.8) is 0 Å². The number of ether oxygens (including phenoxy) is 3. The standard InChI is InChI=1S/C16H14BrN3O3S/c1-21-12-4-2-3-11(6-12)19-16(24)20-18-8-10-5-14-15(7-13(10)17)23-9-22-14/h2-8H,9H2,1H3,(H2,19,20,24)/b18-8-. The smallest absolute Gasteiger partial charge is 0.231 e. The van der Waals surface area contributed by atoms with Gasteiger partial charge in [0.25, 0.3) is 0 Å². The van der Waals surface area contributed by atoms with Gasteiger partial charge in [0.1, 0.15) is 5.75 Å². The van der Waals surface area contributed by atoms with Crippen molar-refractivity contribution in [2.24, 2.45) is 5.10 Å². The van der Waals surface area contributed by atoms with Crippen LogP contribution in [0.4, 0.5) is 5.69 Å². The van der Waals surface area contributed by atoms with E-state index >= 15 is 0 Å². The summed E-state index contributed by atoms with van der Waals surface area (Å²) in [6.07, 6.45) is 1.64. The average Bonchev–Trinajstić information content (AvgIpc) is 3.02. The zero-order valence-corrected chi connectivity index (χ0v) is 15.1. The number of rotatable bonds is 4. The van der Waals surface area contributed by atoms with E-state index in [4.69, 9.17) is 26.4 Å². The highest BCUT2D eigenvalue weighted by Crippen LogP contribution is 2.36. The van der Waals surface area contributed by atoms with Crippen molar-refractivity contribution < 1.29 is 14.2 Å². The molecule has 0 amide bonds. The van der Waals surface area contributed by atoms with E-state index in [1.807, 2.05) is 36.4 Å². The first kappa shape index (κ1) is 16.5. The lowest BCUT2D eigenvalue weighted by molar-refractivity contribution is 0.174. The molecule has 1 aliphatic rings. The quantitative estimate of drug-likeness (QED) is 0.459. The van der Waals surface area contributed by atoms with Crippen molar-refractivity contribution in [1.29, 1.82) is 0 Å². The molecule has 0 aromatic heterocycles. The number of hydrogen-bond acceptors (Lipinski definition) is 5. The van der Waals surface area contributed by atoms with Gasteiger partial charge in [-0.1, -0.05) is 6.07 Å². The third-order valence-electron chi connectivity index (χ3n) is 3.19. The Morgan fingerprint density at radius 1 is 1.29 bits per heavy atom. The van der Waals surface area contributed by atoms with E-state index in [1.54, 1.807) is 13.3 Å². The van der Waals surface area contributed by atoms with E-state index in [2.05, 4.69) is 31.8 Å². The molecule has 0 fully saturated rings. The molecule has 2 N–H and O–H groups in total.